The van der Waals surface area contributed by atoms with Crippen molar-refractivity contribution in [2.45, 2.75) is 65.0 Å². The third-order valence-corrected chi connectivity index (χ3v) is 3.80. The fraction of sp³-hybridized carbons (Fsp3) is 0.571. The first kappa shape index (κ1) is 24.4. The molecule has 0 saturated heterocycles. The second-order valence-electron chi connectivity index (χ2n) is 7.65. The van der Waals surface area contributed by atoms with E-state index in [0.29, 0.717) is 12.1 Å². The summed E-state index contributed by atoms with van der Waals surface area (Å²) in [4.78, 5) is 41.5. The number of carbonyl (C=O) groups excluding carboxylic acids is 3. The number of nitrogens with one attached hydrogen (secondary N) is 3. The van der Waals surface area contributed by atoms with Crippen LogP contribution in [0.2, 0.25) is 0 Å². The Kier molecular flexibility index (Phi) is 10.8. The molecule has 0 unspecified atom stereocenters. The first-order valence-electron chi connectivity index (χ1n) is 9.99. The van der Waals surface area contributed by atoms with E-state index >= 15 is 0 Å². The molecule has 0 radical (unpaired) electrons. The minimum atomic E-state index is -0.959. The summed E-state index contributed by atoms with van der Waals surface area (Å²) in [5.74, 6) is -0.961. The Hall–Kier alpha value is -2.61. The first-order chi connectivity index (χ1) is 13.7. The molecule has 2 amide bonds. The molecule has 0 heterocycles. The predicted octanol–water partition coefficient (Wildman–Crippen LogP) is 2.94. The second-order valence-corrected chi connectivity index (χ2v) is 7.65. The molecule has 1 aromatic carbocycles. The van der Waals surface area contributed by atoms with E-state index in [2.05, 4.69) is 23.0 Å². The van der Waals surface area contributed by atoms with E-state index in [1.54, 1.807) is 51.1 Å². The summed E-state index contributed by atoms with van der Waals surface area (Å²) in [6, 6.07) is 7.49. The zero-order valence-electron chi connectivity index (χ0n) is 17.7. The number of amides is 2. The van der Waals surface area contributed by atoms with Gasteiger partial charge in [0.15, 0.2) is 0 Å². The molecule has 1 aromatic rings. The molecule has 0 aliphatic rings. The van der Waals surface area contributed by atoms with Gasteiger partial charge in [0, 0.05) is 6.54 Å². The molecular weight excluding hydrogens is 374 g/mol. The molecule has 1 atom stereocenters. The number of unbranched alkanes of at least 4 members (excludes halogenated alkanes) is 3. The van der Waals surface area contributed by atoms with Crippen molar-refractivity contribution in [2.75, 3.05) is 13.1 Å². The second kappa shape index (κ2) is 12.8. The van der Waals surface area contributed by atoms with Crippen molar-refractivity contribution in [1.29, 1.82) is 0 Å². The van der Waals surface area contributed by atoms with E-state index in [4.69, 9.17) is 9.57 Å². The Bertz CT molecular complexity index is 643. The largest absolute Gasteiger partial charge is 0.444 e. The van der Waals surface area contributed by atoms with Crippen molar-refractivity contribution < 1.29 is 24.0 Å². The van der Waals surface area contributed by atoms with Crippen LogP contribution in [0, 0.1) is 0 Å². The van der Waals surface area contributed by atoms with Crippen molar-refractivity contribution >= 4 is 18.0 Å². The number of hydrogen-bond acceptors (Lipinski definition) is 6. The number of benzene rings is 1. The molecule has 162 valence electrons. The monoisotopic (exact) mass is 407 g/mol. The van der Waals surface area contributed by atoms with Crippen molar-refractivity contribution in [3.63, 3.8) is 0 Å². The highest BCUT2D eigenvalue weighted by atomic mass is 16.7. The quantitative estimate of drug-likeness (QED) is 0.385. The van der Waals surface area contributed by atoms with Crippen LogP contribution in [0.15, 0.2) is 30.3 Å². The van der Waals surface area contributed by atoms with E-state index < -0.39 is 23.7 Å². The highest BCUT2D eigenvalue weighted by Crippen LogP contribution is 2.07. The number of hydrogen-bond donors (Lipinski definition) is 3. The molecule has 0 aliphatic carbocycles. The number of carbonyl (C=O) groups is 3. The van der Waals surface area contributed by atoms with Gasteiger partial charge in [0.2, 0.25) is 5.91 Å². The van der Waals surface area contributed by atoms with Crippen LogP contribution < -0.4 is 16.1 Å². The number of hydroxylamine groups is 1. The zero-order valence-corrected chi connectivity index (χ0v) is 17.7. The van der Waals surface area contributed by atoms with Gasteiger partial charge in [-0.05, 0) is 39.3 Å². The summed E-state index contributed by atoms with van der Waals surface area (Å²) in [6.07, 6.45) is 3.36. The maximum Gasteiger partial charge on any atom is 0.408 e. The van der Waals surface area contributed by atoms with Gasteiger partial charge >= 0.3 is 12.1 Å². The maximum absolute atomic E-state index is 12.5. The number of alkyl carbamates (subject to hydrolysis) is 1. The van der Waals surface area contributed by atoms with Gasteiger partial charge in [-0.2, -0.15) is 5.48 Å². The van der Waals surface area contributed by atoms with Crippen molar-refractivity contribution in [2.24, 2.45) is 0 Å². The lowest BCUT2D eigenvalue weighted by atomic mass is 10.2. The molecule has 8 heteroatoms. The number of rotatable bonds is 11. The third kappa shape index (κ3) is 11.1. The molecule has 0 spiro atoms. The van der Waals surface area contributed by atoms with Gasteiger partial charge in [-0.15, -0.1) is 0 Å². The van der Waals surface area contributed by atoms with Gasteiger partial charge in [-0.3, -0.25) is 4.79 Å². The van der Waals surface area contributed by atoms with Crippen LogP contribution in [0.25, 0.3) is 0 Å². The van der Waals surface area contributed by atoms with Crippen LogP contribution in [0.3, 0.4) is 0 Å². The van der Waals surface area contributed by atoms with Crippen LogP contribution in [0.1, 0.15) is 63.7 Å². The molecule has 0 bridgehead atoms. The molecule has 0 aliphatic heterocycles. The summed E-state index contributed by atoms with van der Waals surface area (Å²) in [6.45, 7) is 7.72. The Labute approximate surface area is 172 Å². The maximum atomic E-state index is 12.5. The van der Waals surface area contributed by atoms with Crippen LogP contribution in [-0.4, -0.2) is 42.7 Å². The van der Waals surface area contributed by atoms with Gasteiger partial charge in [0.25, 0.3) is 0 Å². The summed E-state index contributed by atoms with van der Waals surface area (Å²) in [7, 11) is 0. The van der Waals surface area contributed by atoms with Crippen LogP contribution in [0.4, 0.5) is 4.79 Å². The molecule has 3 N–H and O–H groups in total. The van der Waals surface area contributed by atoms with Crippen LogP contribution in [0.5, 0.6) is 0 Å². The van der Waals surface area contributed by atoms with Crippen molar-refractivity contribution in [3.05, 3.63) is 35.9 Å². The average molecular weight is 408 g/mol. The smallest absolute Gasteiger partial charge is 0.408 e. The topological polar surface area (TPSA) is 106 Å². The summed E-state index contributed by atoms with van der Waals surface area (Å²) >= 11 is 0. The standard InChI is InChI=1S/C21H33N3O5/c1-5-6-7-11-14-22-18(25)17(24-20(27)28-21(2,3)4)15-23-29-19(26)16-12-9-8-10-13-16/h8-10,12-13,17,23H,5-7,11,14-15H2,1-4H3,(H,22,25)(H,24,27)/t17-/m0/s1. The molecule has 0 saturated carbocycles. The van der Waals surface area contributed by atoms with Crippen molar-refractivity contribution in [3.8, 4) is 0 Å². The molecular formula is C21H33N3O5. The lowest BCUT2D eigenvalue weighted by Crippen LogP contribution is -2.53. The van der Waals surface area contributed by atoms with E-state index in [1.807, 2.05) is 0 Å². The molecule has 0 aromatic heterocycles. The van der Waals surface area contributed by atoms with Gasteiger partial charge in [0.05, 0.1) is 12.1 Å². The number of ether oxygens (including phenoxy) is 1. The minimum absolute atomic E-state index is 0.0986. The van der Waals surface area contributed by atoms with Gasteiger partial charge in [0.1, 0.15) is 11.6 Å². The van der Waals surface area contributed by atoms with E-state index in [1.165, 1.54) is 0 Å². The minimum Gasteiger partial charge on any atom is -0.444 e. The predicted molar refractivity (Wildman–Crippen MR) is 110 cm³/mol. The van der Waals surface area contributed by atoms with Crippen LogP contribution >= 0.6 is 0 Å². The molecule has 0 fully saturated rings. The highest BCUT2D eigenvalue weighted by Gasteiger charge is 2.24. The normalized spacial score (nSPS) is 12.0. The van der Waals surface area contributed by atoms with Gasteiger partial charge < -0.3 is 20.2 Å². The summed E-state index contributed by atoms with van der Waals surface area (Å²) in [5.41, 5.74) is 2.14. The van der Waals surface area contributed by atoms with Crippen molar-refractivity contribution in [1.82, 2.24) is 16.1 Å². The zero-order chi connectivity index (χ0) is 21.7. The highest BCUT2D eigenvalue weighted by molar-refractivity contribution is 5.89. The molecule has 29 heavy (non-hydrogen) atoms. The lowest BCUT2D eigenvalue weighted by Gasteiger charge is -2.23. The fourth-order valence-corrected chi connectivity index (χ4v) is 2.37. The Morgan fingerprint density at radius 1 is 1.03 bits per heavy atom. The fourth-order valence-electron chi connectivity index (χ4n) is 2.37. The van der Waals surface area contributed by atoms with Crippen LogP contribution in [-0.2, 0) is 14.4 Å². The lowest BCUT2D eigenvalue weighted by molar-refractivity contribution is -0.123. The van der Waals surface area contributed by atoms with E-state index in [9.17, 15) is 14.4 Å². The Balaban J connectivity index is 2.57. The summed E-state index contributed by atoms with van der Waals surface area (Å²) in [5, 5.41) is 5.30. The first-order valence-corrected chi connectivity index (χ1v) is 9.99. The average Bonchev–Trinajstić information content (AvgIpc) is 2.66. The van der Waals surface area contributed by atoms with E-state index in [-0.39, 0.29) is 12.5 Å². The molecule has 8 nitrogen and oxygen atoms in total. The van der Waals surface area contributed by atoms with Gasteiger partial charge in [-0.1, -0.05) is 44.4 Å². The van der Waals surface area contributed by atoms with Gasteiger partial charge in [-0.25, -0.2) is 9.59 Å². The van der Waals surface area contributed by atoms with E-state index in [0.717, 1.165) is 25.7 Å². The summed E-state index contributed by atoms with van der Waals surface area (Å²) < 4.78 is 5.21. The Morgan fingerprint density at radius 2 is 1.72 bits per heavy atom. The third-order valence-electron chi connectivity index (χ3n) is 3.80. The SMILES string of the molecule is CCCCCCNC(=O)[C@H](CNOC(=O)c1ccccc1)NC(=O)OC(C)(C)C. The molecule has 1 rings (SSSR count). The Morgan fingerprint density at radius 3 is 2.34 bits per heavy atom.